The molecule has 1 fully saturated rings. The second-order valence-corrected chi connectivity index (χ2v) is 6.87. The van der Waals surface area contributed by atoms with Gasteiger partial charge >= 0.3 is 0 Å². The Balaban J connectivity index is 1.63. The number of fused-ring (bicyclic) bond motifs is 1. The summed E-state index contributed by atoms with van der Waals surface area (Å²) >= 11 is 6.27. The van der Waals surface area contributed by atoms with Gasteiger partial charge in [-0.05, 0) is 31.0 Å². The highest BCUT2D eigenvalue weighted by Gasteiger charge is 2.35. The van der Waals surface area contributed by atoms with Gasteiger partial charge in [0.1, 0.15) is 11.3 Å². The van der Waals surface area contributed by atoms with Crippen molar-refractivity contribution in [2.24, 2.45) is 0 Å². The predicted octanol–water partition coefficient (Wildman–Crippen LogP) is 4.52. The predicted molar refractivity (Wildman–Crippen MR) is 98.5 cm³/mol. The van der Waals surface area contributed by atoms with E-state index in [-0.39, 0.29) is 5.82 Å². The molecule has 0 atom stereocenters. The molecule has 2 heterocycles. The summed E-state index contributed by atoms with van der Waals surface area (Å²) in [5.74, 6) is -0.316. The molecule has 0 spiro atoms. The smallest absolute Gasteiger partial charge is 0.149 e. The van der Waals surface area contributed by atoms with Crippen molar-refractivity contribution in [3.05, 3.63) is 71.1 Å². The van der Waals surface area contributed by atoms with Crippen LogP contribution in [0, 0.1) is 5.82 Å². The first kappa shape index (κ1) is 16.3. The maximum Gasteiger partial charge on any atom is 0.149 e. The number of aromatic nitrogens is 1. The van der Waals surface area contributed by atoms with E-state index in [0.29, 0.717) is 36.5 Å². The Morgan fingerprint density at radius 2 is 1.80 bits per heavy atom. The molecule has 128 valence electrons. The zero-order chi connectivity index (χ0) is 17.4. The number of aliphatic hydroxyl groups is 1. The highest BCUT2D eigenvalue weighted by atomic mass is 35.5. The standard InChI is InChI=1S/C20H18ClFN2O/c21-16-6-2-1-5-15(16)20(25)9-12-24(13-10-20)18-8-11-23-19-14(18)4-3-7-17(19)22/h1-8,11,25H,9-10,12-13H2. The topological polar surface area (TPSA) is 36.4 Å². The van der Waals surface area contributed by atoms with Gasteiger partial charge in [0.05, 0.1) is 5.60 Å². The monoisotopic (exact) mass is 356 g/mol. The SMILES string of the molecule is OC1(c2ccccc2Cl)CCN(c2ccnc3c(F)cccc23)CC1. The van der Waals surface area contributed by atoms with Crippen molar-refractivity contribution in [3.63, 3.8) is 0 Å². The number of hydrogen-bond donors (Lipinski definition) is 1. The van der Waals surface area contributed by atoms with Gasteiger partial charge in [-0.3, -0.25) is 4.98 Å². The molecule has 5 heteroatoms. The third-order valence-corrected chi connectivity index (χ3v) is 5.33. The molecule has 0 aliphatic carbocycles. The molecule has 1 aromatic heterocycles. The molecule has 1 aliphatic rings. The van der Waals surface area contributed by atoms with E-state index >= 15 is 0 Å². The van der Waals surface area contributed by atoms with E-state index in [1.807, 2.05) is 30.3 Å². The molecule has 25 heavy (non-hydrogen) atoms. The Morgan fingerprint density at radius 1 is 1.04 bits per heavy atom. The van der Waals surface area contributed by atoms with E-state index in [1.54, 1.807) is 18.3 Å². The highest BCUT2D eigenvalue weighted by molar-refractivity contribution is 6.31. The van der Waals surface area contributed by atoms with E-state index in [4.69, 9.17) is 11.6 Å². The summed E-state index contributed by atoms with van der Waals surface area (Å²) < 4.78 is 14.0. The molecule has 1 N–H and O–H groups in total. The normalized spacial score (nSPS) is 17.0. The molecule has 1 aliphatic heterocycles. The number of pyridine rings is 1. The summed E-state index contributed by atoms with van der Waals surface area (Å²) in [6.45, 7) is 1.33. The fraction of sp³-hybridized carbons (Fsp3) is 0.250. The van der Waals surface area contributed by atoms with Crippen molar-refractivity contribution in [1.82, 2.24) is 4.98 Å². The number of nitrogens with zero attached hydrogens (tertiary/aromatic N) is 2. The maximum absolute atomic E-state index is 14.0. The number of para-hydroxylation sites is 1. The summed E-state index contributed by atoms with van der Waals surface area (Å²) in [6, 6.07) is 14.4. The van der Waals surface area contributed by atoms with Crippen LogP contribution in [0.4, 0.5) is 10.1 Å². The first-order valence-corrected chi connectivity index (χ1v) is 8.72. The van der Waals surface area contributed by atoms with Gasteiger partial charge in [-0.25, -0.2) is 4.39 Å². The Bertz CT molecular complexity index is 922. The molecule has 3 nitrogen and oxygen atoms in total. The highest BCUT2D eigenvalue weighted by Crippen LogP contribution is 2.39. The third-order valence-electron chi connectivity index (χ3n) is 5.01. The van der Waals surface area contributed by atoms with Crippen molar-refractivity contribution < 1.29 is 9.50 Å². The Morgan fingerprint density at radius 3 is 2.56 bits per heavy atom. The fourth-order valence-electron chi connectivity index (χ4n) is 3.63. The van der Waals surface area contributed by atoms with E-state index in [0.717, 1.165) is 16.6 Å². The van der Waals surface area contributed by atoms with Gasteiger partial charge in [0.25, 0.3) is 0 Å². The van der Waals surface area contributed by atoms with Crippen LogP contribution in [0.2, 0.25) is 5.02 Å². The summed E-state index contributed by atoms with van der Waals surface area (Å²) in [5.41, 5.74) is 1.18. The van der Waals surface area contributed by atoms with Crippen LogP contribution in [0.15, 0.2) is 54.7 Å². The maximum atomic E-state index is 14.0. The van der Waals surface area contributed by atoms with Gasteiger partial charge in [-0.1, -0.05) is 41.9 Å². The van der Waals surface area contributed by atoms with E-state index in [9.17, 15) is 9.50 Å². The molecular weight excluding hydrogens is 339 g/mol. The molecule has 0 saturated carbocycles. The number of halogens is 2. The Labute approximate surface area is 150 Å². The minimum atomic E-state index is -0.928. The third kappa shape index (κ3) is 2.86. The quantitative estimate of drug-likeness (QED) is 0.733. The number of anilines is 1. The van der Waals surface area contributed by atoms with Gasteiger partial charge in [-0.15, -0.1) is 0 Å². The van der Waals surface area contributed by atoms with Crippen LogP contribution >= 0.6 is 11.6 Å². The zero-order valence-corrected chi connectivity index (χ0v) is 14.4. The first-order valence-electron chi connectivity index (χ1n) is 8.34. The fourth-order valence-corrected chi connectivity index (χ4v) is 3.94. The van der Waals surface area contributed by atoms with Gasteiger partial charge < -0.3 is 10.0 Å². The van der Waals surface area contributed by atoms with Crippen molar-refractivity contribution in [1.29, 1.82) is 0 Å². The molecule has 0 amide bonds. The molecule has 0 radical (unpaired) electrons. The molecule has 4 rings (SSSR count). The molecule has 3 aromatic rings. The first-order chi connectivity index (χ1) is 12.1. The largest absolute Gasteiger partial charge is 0.385 e. The average molecular weight is 357 g/mol. The van der Waals surface area contributed by atoms with Crippen LogP contribution in [0.3, 0.4) is 0 Å². The van der Waals surface area contributed by atoms with E-state index in [1.165, 1.54) is 6.07 Å². The minimum absolute atomic E-state index is 0.316. The number of piperidine rings is 1. The van der Waals surface area contributed by atoms with Crippen molar-refractivity contribution in [3.8, 4) is 0 Å². The molecular formula is C20H18ClFN2O. The van der Waals surface area contributed by atoms with Crippen LogP contribution in [0.25, 0.3) is 10.9 Å². The number of benzene rings is 2. The van der Waals surface area contributed by atoms with Crippen LogP contribution in [0.1, 0.15) is 18.4 Å². The van der Waals surface area contributed by atoms with Crippen LogP contribution < -0.4 is 4.90 Å². The molecule has 0 bridgehead atoms. The minimum Gasteiger partial charge on any atom is -0.385 e. The molecule has 2 aromatic carbocycles. The summed E-state index contributed by atoms with van der Waals surface area (Å²) in [7, 11) is 0. The van der Waals surface area contributed by atoms with Crippen LogP contribution in [-0.2, 0) is 5.60 Å². The van der Waals surface area contributed by atoms with Crippen molar-refractivity contribution >= 4 is 28.2 Å². The van der Waals surface area contributed by atoms with Gasteiger partial charge in [0, 0.05) is 40.9 Å². The second kappa shape index (κ2) is 6.28. The lowest BCUT2D eigenvalue weighted by molar-refractivity contribution is 0.0119. The second-order valence-electron chi connectivity index (χ2n) is 6.46. The Kier molecular flexibility index (Phi) is 4.10. The average Bonchev–Trinajstić information content (AvgIpc) is 2.63. The lowest BCUT2D eigenvalue weighted by Crippen LogP contribution is -2.42. The number of rotatable bonds is 2. The lowest BCUT2D eigenvalue weighted by Gasteiger charge is -2.40. The van der Waals surface area contributed by atoms with Gasteiger partial charge in [0.2, 0.25) is 0 Å². The summed E-state index contributed by atoms with van der Waals surface area (Å²) in [4.78, 5) is 6.33. The molecule has 1 saturated heterocycles. The van der Waals surface area contributed by atoms with Crippen molar-refractivity contribution in [2.45, 2.75) is 18.4 Å². The molecule has 0 unspecified atom stereocenters. The van der Waals surface area contributed by atoms with Gasteiger partial charge in [0.15, 0.2) is 0 Å². The summed E-state index contributed by atoms with van der Waals surface area (Å²) in [5, 5.41) is 12.5. The van der Waals surface area contributed by atoms with Crippen LogP contribution in [0.5, 0.6) is 0 Å². The lowest BCUT2D eigenvalue weighted by atomic mass is 9.84. The van der Waals surface area contributed by atoms with Crippen LogP contribution in [-0.4, -0.2) is 23.2 Å². The van der Waals surface area contributed by atoms with Gasteiger partial charge in [-0.2, -0.15) is 0 Å². The zero-order valence-electron chi connectivity index (χ0n) is 13.6. The van der Waals surface area contributed by atoms with E-state index < -0.39 is 5.60 Å². The van der Waals surface area contributed by atoms with E-state index in [2.05, 4.69) is 9.88 Å². The summed E-state index contributed by atoms with van der Waals surface area (Å²) in [6.07, 6.45) is 2.77. The number of hydrogen-bond acceptors (Lipinski definition) is 3. The van der Waals surface area contributed by atoms with Crippen molar-refractivity contribution in [2.75, 3.05) is 18.0 Å². The Hall–Kier alpha value is -2.17.